The van der Waals surface area contributed by atoms with E-state index in [2.05, 4.69) is 20.1 Å². The average molecular weight is 297 g/mol. The van der Waals surface area contributed by atoms with Crippen LogP contribution >= 0.6 is 11.6 Å². The van der Waals surface area contributed by atoms with Gasteiger partial charge in [0.1, 0.15) is 0 Å². The highest BCUT2D eigenvalue weighted by Gasteiger charge is 2.11. The van der Waals surface area contributed by atoms with Crippen molar-refractivity contribution >= 4 is 17.5 Å². The second-order valence-corrected chi connectivity index (χ2v) is 4.83. The van der Waals surface area contributed by atoms with E-state index in [4.69, 9.17) is 16.3 Å². The number of anilines is 1. The van der Waals surface area contributed by atoms with Crippen molar-refractivity contribution < 1.29 is 4.74 Å². The summed E-state index contributed by atoms with van der Waals surface area (Å²) in [7, 11) is 1.88. The third-order valence-electron chi connectivity index (χ3n) is 2.51. The quantitative estimate of drug-likeness (QED) is 0.806. The van der Waals surface area contributed by atoms with Crippen molar-refractivity contribution in [3.8, 4) is 5.95 Å². The van der Waals surface area contributed by atoms with Crippen LogP contribution in [-0.2, 0) is 4.74 Å². The van der Waals surface area contributed by atoms with Crippen LogP contribution in [0, 0.1) is 0 Å². The predicted octanol–water partition coefficient (Wildman–Crippen LogP) is 1.57. The molecular formula is C12H17ClN6O. The van der Waals surface area contributed by atoms with Gasteiger partial charge in [0.05, 0.1) is 12.7 Å². The van der Waals surface area contributed by atoms with Gasteiger partial charge in [-0.25, -0.2) is 4.68 Å². The Kier molecular flexibility index (Phi) is 4.86. The Labute approximate surface area is 122 Å². The van der Waals surface area contributed by atoms with Crippen LogP contribution in [0.15, 0.2) is 18.5 Å². The summed E-state index contributed by atoms with van der Waals surface area (Å²) < 4.78 is 7.04. The average Bonchev–Trinajstić information content (AvgIpc) is 2.91. The Hall–Kier alpha value is -1.73. The van der Waals surface area contributed by atoms with E-state index in [-0.39, 0.29) is 11.4 Å². The minimum absolute atomic E-state index is 0.136. The highest BCUT2D eigenvalue weighted by atomic mass is 35.5. The van der Waals surface area contributed by atoms with Crippen molar-refractivity contribution in [2.45, 2.75) is 20.0 Å². The third kappa shape index (κ3) is 3.88. The lowest BCUT2D eigenvalue weighted by atomic mass is 10.5. The van der Waals surface area contributed by atoms with Crippen molar-refractivity contribution in [2.24, 2.45) is 0 Å². The molecule has 0 bridgehead atoms. The van der Waals surface area contributed by atoms with Crippen molar-refractivity contribution in [2.75, 3.05) is 25.1 Å². The molecule has 7 nitrogen and oxygen atoms in total. The number of likely N-dealkylation sites (N-methyl/N-ethyl adjacent to an activating group) is 1. The summed E-state index contributed by atoms with van der Waals surface area (Å²) in [6, 6.07) is 1.79. The molecular weight excluding hydrogens is 280 g/mol. The smallest absolute Gasteiger partial charge is 0.256 e. The Bertz CT molecular complexity index is 545. The van der Waals surface area contributed by atoms with Gasteiger partial charge < -0.3 is 9.64 Å². The molecule has 0 aliphatic carbocycles. The van der Waals surface area contributed by atoms with E-state index < -0.39 is 0 Å². The van der Waals surface area contributed by atoms with Gasteiger partial charge in [-0.05, 0) is 31.5 Å². The van der Waals surface area contributed by atoms with Crippen molar-refractivity contribution in [3.05, 3.63) is 23.7 Å². The number of nitrogens with zero attached hydrogens (tertiary/aromatic N) is 6. The molecule has 2 heterocycles. The third-order valence-corrected chi connectivity index (χ3v) is 2.68. The van der Waals surface area contributed by atoms with Gasteiger partial charge >= 0.3 is 0 Å². The van der Waals surface area contributed by atoms with E-state index in [0.29, 0.717) is 25.0 Å². The molecule has 0 saturated carbocycles. The predicted molar refractivity (Wildman–Crippen MR) is 76.3 cm³/mol. The molecule has 0 aliphatic heterocycles. The summed E-state index contributed by atoms with van der Waals surface area (Å²) in [5, 5.41) is 4.21. The van der Waals surface area contributed by atoms with Gasteiger partial charge in [0.25, 0.3) is 5.95 Å². The van der Waals surface area contributed by atoms with Gasteiger partial charge in [-0.1, -0.05) is 0 Å². The first-order valence-corrected chi connectivity index (χ1v) is 6.68. The molecule has 0 atom stereocenters. The molecule has 0 aromatic carbocycles. The summed E-state index contributed by atoms with van der Waals surface area (Å²) in [5.41, 5.74) is 0. The molecule has 0 N–H and O–H groups in total. The first-order valence-electron chi connectivity index (χ1n) is 6.30. The van der Waals surface area contributed by atoms with Gasteiger partial charge in [0.2, 0.25) is 11.2 Å². The van der Waals surface area contributed by atoms with Crippen LogP contribution in [0.4, 0.5) is 5.95 Å². The van der Waals surface area contributed by atoms with Gasteiger partial charge in [-0.15, -0.1) is 0 Å². The maximum absolute atomic E-state index is 5.93. The monoisotopic (exact) mass is 296 g/mol. The lowest BCUT2D eigenvalue weighted by molar-refractivity contribution is 0.0844. The van der Waals surface area contributed by atoms with Crippen LogP contribution in [0.5, 0.6) is 0 Å². The minimum atomic E-state index is 0.136. The molecule has 0 fully saturated rings. The Balaban J connectivity index is 2.11. The highest BCUT2D eigenvalue weighted by Crippen LogP contribution is 2.11. The summed E-state index contributed by atoms with van der Waals surface area (Å²) in [6.07, 6.45) is 3.60. The molecule has 0 saturated heterocycles. The van der Waals surface area contributed by atoms with Crippen LogP contribution in [-0.4, -0.2) is 51.0 Å². The maximum Gasteiger partial charge on any atom is 0.256 e. The molecule has 2 aromatic rings. The molecule has 0 aliphatic rings. The molecule has 0 unspecified atom stereocenters. The van der Waals surface area contributed by atoms with E-state index in [0.717, 1.165) is 0 Å². The molecule has 2 aromatic heterocycles. The fraction of sp³-hybridized carbons (Fsp3) is 0.500. The normalized spacial score (nSPS) is 11.1. The first-order chi connectivity index (χ1) is 9.56. The topological polar surface area (TPSA) is 69.0 Å². The fourth-order valence-electron chi connectivity index (χ4n) is 1.52. The van der Waals surface area contributed by atoms with Crippen LogP contribution in [0.3, 0.4) is 0 Å². The largest absolute Gasteiger partial charge is 0.377 e. The lowest BCUT2D eigenvalue weighted by Crippen LogP contribution is -2.26. The van der Waals surface area contributed by atoms with E-state index >= 15 is 0 Å². The number of ether oxygens (including phenoxy) is 1. The number of hydrogen-bond acceptors (Lipinski definition) is 6. The SMILES string of the molecule is CC(C)OCCN(C)c1nc(Cl)nc(-n2cccn2)n1. The number of hydrogen-bond donors (Lipinski definition) is 0. The van der Waals surface area contributed by atoms with Crippen LogP contribution in [0.2, 0.25) is 5.28 Å². The highest BCUT2D eigenvalue weighted by molar-refractivity contribution is 6.28. The molecule has 0 spiro atoms. The molecule has 0 radical (unpaired) electrons. The standard InChI is InChI=1S/C12H17ClN6O/c1-9(2)20-8-7-18(3)11-15-10(13)16-12(17-11)19-6-4-5-14-19/h4-6,9H,7-8H2,1-3H3. The van der Waals surface area contributed by atoms with Crippen molar-refractivity contribution in [1.82, 2.24) is 24.7 Å². The maximum atomic E-state index is 5.93. The van der Waals surface area contributed by atoms with Crippen LogP contribution in [0.1, 0.15) is 13.8 Å². The minimum Gasteiger partial charge on any atom is -0.377 e. The molecule has 0 amide bonds. The zero-order valence-electron chi connectivity index (χ0n) is 11.7. The van der Waals surface area contributed by atoms with E-state index in [1.807, 2.05) is 25.8 Å². The van der Waals surface area contributed by atoms with Crippen LogP contribution < -0.4 is 4.90 Å². The van der Waals surface area contributed by atoms with Gasteiger partial charge in [-0.3, -0.25) is 0 Å². The zero-order chi connectivity index (χ0) is 14.5. The van der Waals surface area contributed by atoms with E-state index in [1.54, 1.807) is 18.5 Å². The zero-order valence-corrected chi connectivity index (χ0v) is 12.4. The Morgan fingerprint density at radius 2 is 2.15 bits per heavy atom. The summed E-state index contributed by atoms with van der Waals surface area (Å²) in [5.74, 6) is 0.879. The van der Waals surface area contributed by atoms with Crippen molar-refractivity contribution in [3.63, 3.8) is 0 Å². The molecule has 2 rings (SSSR count). The summed E-state index contributed by atoms with van der Waals surface area (Å²) in [4.78, 5) is 14.4. The summed E-state index contributed by atoms with van der Waals surface area (Å²) in [6.45, 7) is 5.25. The van der Waals surface area contributed by atoms with Gasteiger partial charge in [0, 0.05) is 26.0 Å². The number of halogens is 1. The number of rotatable bonds is 6. The first kappa shape index (κ1) is 14.7. The van der Waals surface area contributed by atoms with E-state index in [1.165, 1.54) is 4.68 Å². The number of aromatic nitrogens is 5. The Morgan fingerprint density at radius 3 is 2.80 bits per heavy atom. The Morgan fingerprint density at radius 1 is 1.35 bits per heavy atom. The van der Waals surface area contributed by atoms with Gasteiger partial charge in [0.15, 0.2) is 0 Å². The lowest BCUT2D eigenvalue weighted by Gasteiger charge is -2.18. The molecule has 8 heteroatoms. The van der Waals surface area contributed by atoms with Crippen LogP contribution in [0.25, 0.3) is 5.95 Å². The second kappa shape index (κ2) is 6.62. The summed E-state index contributed by atoms with van der Waals surface area (Å²) >= 11 is 5.93. The molecule has 20 heavy (non-hydrogen) atoms. The fourth-order valence-corrected chi connectivity index (χ4v) is 1.67. The van der Waals surface area contributed by atoms with E-state index in [9.17, 15) is 0 Å². The molecule has 108 valence electrons. The van der Waals surface area contributed by atoms with Crippen molar-refractivity contribution in [1.29, 1.82) is 0 Å². The second-order valence-electron chi connectivity index (χ2n) is 4.50. The van der Waals surface area contributed by atoms with Gasteiger partial charge in [-0.2, -0.15) is 20.1 Å².